The van der Waals surface area contributed by atoms with E-state index >= 15 is 0 Å². The zero-order valence-corrected chi connectivity index (χ0v) is 7.34. The molecule has 0 radical (unpaired) electrons. The van der Waals surface area contributed by atoms with Crippen molar-refractivity contribution in [3.05, 3.63) is 12.2 Å². The van der Waals surface area contributed by atoms with E-state index in [4.69, 9.17) is 0 Å². The number of hydrogen-bond acceptors (Lipinski definition) is 1. The Kier molecular flexibility index (Phi) is 2.86. The van der Waals surface area contributed by atoms with Crippen molar-refractivity contribution < 1.29 is 4.79 Å². The fourth-order valence-electron chi connectivity index (χ4n) is 1.40. The van der Waals surface area contributed by atoms with Gasteiger partial charge in [-0.2, -0.15) is 0 Å². The van der Waals surface area contributed by atoms with Gasteiger partial charge in [-0.05, 0) is 18.8 Å². The van der Waals surface area contributed by atoms with Crippen molar-refractivity contribution in [3.8, 4) is 0 Å². The maximum Gasteiger partial charge on any atom is 0.139 e. The molecule has 1 rings (SSSR count). The van der Waals surface area contributed by atoms with Crippen molar-refractivity contribution in [2.75, 3.05) is 0 Å². The van der Waals surface area contributed by atoms with Gasteiger partial charge in [0.1, 0.15) is 5.78 Å². The van der Waals surface area contributed by atoms with Crippen molar-refractivity contribution in [1.29, 1.82) is 0 Å². The quantitative estimate of drug-likeness (QED) is 0.556. The maximum atomic E-state index is 11.1. The van der Waals surface area contributed by atoms with Gasteiger partial charge in [0, 0.05) is 12.3 Å². The van der Waals surface area contributed by atoms with Crippen molar-refractivity contribution >= 4 is 5.78 Å². The zero-order valence-electron chi connectivity index (χ0n) is 7.34. The molecule has 1 saturated carbocycles. The minimum absolute atomic E-state index is 0.248. The molecule has 0 heterocycles. The predicted molar refractivity (Wildman–Crippen MR) is 46.3 cm³/mol. The second-order valence-electron chi connectivity index (χ2n) is 3.59. The van der Waals surface area contributed by atoms with Crippen LogP contribution in [0, 0.1) is 11.8 Å². The summed E-state index contributed by atoms with van der Waals surface area (Å²) >= 11 is 0. The van der Waals surface area contributed by atoms with E-state index in [-0.39, 0.29) is 5.92 Å². The van der Waals surface area contributed by atoms with Crippen LogP contribution in [0.5, 0.6) is 0 Å². The Hall–Kier alpha value is -0.590. The van der Waals surface area contributed by atoms with E-state index in [1.165, 1.54) is 0 Å². The number of Topliss-reactive ketones (excluding diaryl/α,β-unsaturated/α-hetero) is 1. The van der Waals surface area contributed by atoms with Gasteiger partial charge in [0.25, 0.3) is 0 Å². The fraction of sp³-hybridized carbons (Fsp3) is 0.700. The lowest BCUT2D eigenvalue weighted by Crippen LogP contribution is -2.02. The molecule has 1 aliphatic rings. The van der Waals surface area contributed by atoms with Crippen molar-refractivity contribution in [2.45, 2.75) is 33.1 Å². The molecule has 11 heavy (non-hydrogen) atoms. The van der Waals surface area contributed by atoms with E-state index in [9.17, 15) is 4.79 Å². The smallest absolute Gasteiger partial charge is 0.139 e. The van der Waals surface area contributed by atoms with E-state index in [0.717, 1.165) is 19.3 Å². The minimum atomic E-state index is 0.248. The van der Waals surface area contributed by atoms with Crippen LogP contribution < -0.4 is 0 Å². The van der Waals surface area contributed by atoms with Gasteiger partial charge in [-0.25, -0.2) is 0 Å². The Bertz CT molecular complexity index is 168. The first-order chi connectivity index (χ1) is 5.20. The molecule has 0 N–H and O–H groups in total. The molecule has 0 spiro atoms. The summed E-state index contributed by atoms with van der Waals surface area (Å²) in [5.41, 5.74) is 0. The van der Waals surface area contributed by atoms with E-state index < -0.39 is 0 Å². The topological polar surface area (TPSA) is 17.1 Å². The third kappa shape index (κ3) is 2.49. The third-order valence-electron chi connectivity index (χ3n) is 2.08. The molecule has 1 aliphatic carbocycles. The van der Waals surface area contributed by atoms with Crippen LogP contribution in [0.25, 0.3) is 0 Å². The second kappa shape index (κ2) is 3.70. The van der Waals surface area contributed by atoms with Gasteiger partial charge in [0.15, 0.2) is 0 Å². The average molecular weight is 152 g/mol. The first-order valence-corrected chi connectivity index (χ1v) is 4.41. The molecule has 1 fully saturated rings. The summed E-state index contributed by atoms with van der Waals surface area (Å²) in [6.07, 6.45) is 7.18. The van der Waals surface area contributed by atoms with E-state index in [1.807, 2.05) is 0 Å². The van der Waals surface area contributed by atoms with Crippen molar-refractivity contribution in [2.24, 2.45) is 11.8 Å². The molecule has 1 heteroatoms. The Balaban J connectivity index is 2.42. The summed E-state index contributed by atoms with van der Waals surface area (Å²) in [6.45, 7) is 4.27. The molecular weight excluding hydrogens is 136 g/mol. The number of carbonyl (C=O) groups is 1. The molecular formula is C10H16O. The van der Waals surface area contributed by atoms with Crippen LogP contribution in [0.2, 0.25) is 0 Å². The van der Waals surface area contributed by atoms with Crippen molar-refractivity contribution in [1.82, 2.24) is 0 Å². The summed E-state index contributed by atoms with van der Waals surface area (Å²) in [5, 5.41) is 0. The van der Waals surface area contributed by atoms with Gasteiger partial charge in [-0.15, -0.1) is 0 Å². The van der Waals surface area contributed by atoms with Gasteiger partial charge < -0.3 is 0 Å². The highest BCUT2D eigenvalue weighted by Crippen LogP contribution is 2.22. The normalized spacial score (nSPS) is 25.7. The maximum absolute atomic E-state index is 11.1. The highest BCUT2D eigenvalue weighted by Gasteiger charge is 2.21. The SMILES string of the molecule is CC(C)/C=C\C1CCCC1=O. The van der Waals surface area contributed by atoms with Gasteiger partial charge in [0.2, 0.25) is 0 Å². The monoisotopic (exact) mass is 152 g/mol. The predicted octanol–water partition coefficient (Wildman–Crippen LogP) is 2.57. The number of allylic oxidation sites excluding steroid dienone is 2. The molecule has 0 amide bonds. The summed E-state index contributed by atoms with van der Waals surface area (Å²) in [5.74, 6) is 1.25. The van der Waals surface area contributed by atoms with Crippen LogP contribution >= 0.6 is 0 Å². The second-order valence-corrected chi connectivity index (χ2v) is 3.59. The lowest BCUT2D eigenvalue weighted by molar-refractivity contribution is -0.119. The molecule has 1 atom stereocenters. The van der Waals surface area contributed by atoms with Crippen LogP contribution in [0.15, 0.2) is 12.2 Å². The Morgan fingerprint density at radius 1 is 1.55 bits per heavy atom. The van der Waals surface area contributed by atoms with Crippen LogP contribution in [-0.2, 0) is 4.79 Å². The highest BCUT2D eigenvalue weighted by molar-refractivity contribution is 5.84. The number of hydrogen-bond donors (Lipinski definition) is 0. The van der Waals surface area contributed by atoms with E-state index in [1.54, 1.807) is 0 Å². The molecule has 0 aromatic rings. The number of rotatable bonds is 2. The number of carbonyl (C=O) groups excluding carboxylic acids is 1. The molecule has 0 saturated heterocycles. The summed E-state index contributed by atoms with van der Waals surface area (Å²) in [6, 6.07) is 0. The first kappa shape index (κ1) is 8.51. The van der Waals surface area contributed by atoms with Crippen LogP contribution in [0.3, 0.4) is 0 Å². The van der Waals surface area contributed by atoms with Crippen molar-refractivity contribution in [3.63, 3.8) is 0 Å². The van der Waals surface area contributed by atoms with Crippen LogP contribution in [-0.4, -0.2) is 5.78 Å². The lowest BCUT2D eigenvalue weighted by atomic mass is 10.0. The van der Waals surface area contributed by atoms with Gasteiger partial charge in [0.05, 0.1) is 0 Å². The molecule has 0 bridgehead atoms. The van der Waals surface area contributed by atoms with E-state index in [0.29, 0.717) is 11.7 Å². The largest absolute Gasteiger partial charge is 0.299 e. The number of ketones is 1. The average Bonchev–Trinajstić information content (AvgIpc) is 2.31. The molecule has 0 aromatic heterocycles. The molecule has 0 aromatic carbocycles. The highest BCUT2D eigenvalue weighted by atomic mass is 16.1. The standard InChI is InChI=1S/C10H16O/c1-8(2)6-7-9-4-3-5-10(9)11/h6-9H,3-5H2,1-2H3/b7-6-. The lowest BCUT2D eigenvalue weighted by Gasteiger charge is -2.00. The summed E-state index contributed by atoms with van der Waals surface area (Å²) < 4.78 is 0. The van der Waals surface area contributed by atoms with Crippen LogP contribution in [0.4, 0.5) is 0 Å². The van der Waals surface area contributed by atoms with Gasteiger partial charge in [-0.3, -0.25) is 4.79 Å². The molecule has 62 valence electrons. The minimum Gasteiger partial charge on any atom is -0.299 e. The van der Waals surface area contributed by atoms with Gasteiger partial charge >= 0.3 is 0 Å². The van der Waals surface area contributed by atoms with Gasteiger partial charge in [-0.1, -0.05) is 26.0 Å². The van der Waals surface area contributed by atoms with E-state index in [2.05, 4.69) is 26.0 Å². The molecule has 0 aliphatic heterocycles. The summed E-state index contributed by atoms with van der Waals surface area (Å²) in [7, 11) is 0. The first-order valence-electron chi connectivity index (χ1n) is 4.41. The third-order valence-corrected chi connectivity index (χ3v) is 2.08. The summed E-state index contributed by atoms with van der Waals surface area (Å²) in [4.78, 5) is 11.1. The van der Waals surface area contributed by atoms with Crippen LogP contribution in [0.1, 0.15) is 33.1 Å². The molecule has 1 nitrogen and oxygen atoms in total. The Morgan fingerprint density at radius 2 is 2.27 bits per heavy atom. The Labute approximate surface area is 68.5 Å². The fourth-order valence-corrected chi connectivity index (χ4v) is 1.40. The Morgan fingerprint density at radius 3 is 2.73 bits per heavy atom. The molecule has 1 unspecified atom stereocenters. The zero-order chi connectivity index (χ0) is 8.27.